The Bertz CT molecular complexity index is 3490. The smallest absolute Gasteiger partial charge is 0.416 e. The number of ketones is 1. The molecule has 4 atom stereocenters. The Morgan fingerprint density at radius 3 is 1.39 bits per heavy atom. The Labute approximate surface area is 552 Å². The average molecular weight is 1440 g/mol. The fourth-order valence-corrected chi connectivity index (χ4v) is 13.7. The summed E-state index contributed by atoms with van der Waals surface area (Å²) >= 11 is 4.51. The van der Waals surface area contributed by atoms with Crippen LogP contribution in [0.25, 0.3) is 10.6 Å². The van der Waals surface area contributed by atoms with Crippen LogP contribution in [0.15, 0.2) is 65.5 Å². The number of aromatic nitrogens is 4. The Hall–Kier alpha value is -7.31. The molecule has 0 radical (unpaired) electrons. The van der Waals surface area contributed by atoms with E-state index in [1.54, 1.807) is 25.3 Å². The van der Waals surface area contributed by atoms with E-state index in [9.17, 15) is 81.8 Å². The standard InChI is InChI=1S/C34H36F6N4O5S.C30H35BrF6N4O4/c1-4-43(16-21-7-5-20(6-8-21)11-29(46)47)31-26(42-25(15-41-31)28-10-9-27(50-28)19(3)45)17-44-18(2)30(49-32(44)48)22-12-23(33(35,36)37)14-24(13-22)34(38,39)40;1-4-40(15-19-8-6-18(7-9-19)10-25(42)44-5-2)27-23(39-24(31)14-38-27)16-41-17(3)26(45-28(41)43)20-11-21(29(32,33)34)13-22(12-20)30(35,36)37/h9-10,12-15,18,20-21,30H,4-8,11,16-17H2,1-3H3,(H,46,47);11-14,17-19,26H,4-10,15-16H2,1-3H3/t18-,20?,21?,30?;17-,18?,19?,26?/m00/s1. The van der Waals surface area contributed by atoms with Gasteiger partial charge < -0.3 is 29.1 Å². The number of halogens is 13. The molecule has 4 aliphatic rings. The molecule has 2 aliphatic heterocycles. The molecule has 5 aromatic rings. The van der Waals surface area contributed by atoms with Gasteiger partial charge in [0.15, 0.2) is 17.4 Å². The summed E-state index contributed by atoms with van der Waals surface area (Å²) in [4.78, 5) is 87.5. The van der Waals surface area contributed by atoms with E-state index in [4.69, 9.17) is 24.2 Å². The number of alkyl halides is 12. The molecule has 2 saturated heterocycles. The number of carboxylic acid groups (broad SMARTS) is 1. The Balaban J connectivity index is 0.000000245. The number of esters is 1. The van der Waals surface area contributed by atoms with Gasteiger partial charge in [-0.1, -0.05) is 0 Å². The number of carbonyl (C=O) groups is 5. The molecule has 31 heteroatoms. The highest BCUT2D eigenvalue weighted by Crippen LogP contribution is 2.45. The van der Waals surface area contributed by atoms with Gasteiger partial charge in [0.25, 0.3) is 0 Å². The number of thiophene rings is 1. The third-order valence-electron chi connectivity index (χ3n) is 17.6. The molecule has 2 aromatic carbocycles. The lowest BCUT2D eigenvalue weighted by Gasteiger charge is -2.33. The maximum atomic E-state index is 13.6. The van der Waals surface area contributed by atoms with E-state index in [-0.39, 0.29) is 61.1 Å². The lowest BCUT2D eigenvalue weighted by atomic mass is 9.80. The van der Waals surface area contributed by atoms with Gasteiger partial charge in [0.1, 0.15) is 28.2 Å². The molecular weight excluding hydrogens is 1360 g/mol. The number of cyclic esters (lactones) is 2. The van der Waals surface area contributed by atoms with Crippen molar-refractivity contribution in [2.75, 3.05) is 42.6 Å². The van der Waals surface area contributed by atoms with E-state index in [1.165, 1.54) is 48.1 Å². The van der Waals surface area contributed by atoms with Crippen molar-refractivity contribution in [2.24, 2.45) is 23.7 Å². The zero-order valence-electron chi connectivity index (χ0n) is 52.5. The van der Waals surface area contributed by atoms with Crippen molar-refractivity contribution < 1.29 is 96.0 Å². The van der Waals surface area contributed by atoms with Crippen molar-refractivity contribution >= 4 is 68.8 Å². The maximum absolute atomic E-state index is 13.6. The van der Waals surface area contributed by atoms with Crippen LogP contribution in [-0.4, -0.2) is 110 Å². The number of anilines is 2. The van der Waals surface area contributed by atoms with Gasteiger partial charge in [0.05, 0.1) is 81.9 Å². The molecule has 2 amide bonds. The van der Waals surface area contributed by atoms with Gasteiger partial charge in [-0.05, 0) is 192 Å². The second-order valence-corrected chi connectivity index (χ2v) is 26.1. The van der Waals surface area contributed by atoms with Crippen LogP contribution in [0, 0.1) is 23.7 Å². The molecule has 95 heavy (non-hydrogen) atoms. The summed E-state index contributed by atoms with van der Waals surface area (Å²) in [5.41, 5.74) is -5.71. The number of rotatable bonds is 21. The topological polar surface area (TPSA) is 198 Å². The average Bonchev–Trinajstić information content (AvgIpc) is 1.70. The third-order valence-corrected chi connectivity index (χ3v) is 19.2. The first-order chi connectivity index (χ1) is 44.5. The second kappa shape index (κ2) is 30.4. The zero-order valence-corrected chi connectivity index (χ0v) is 54.9. The zero-order chi connectivity index (χ0) is 69.6. The highest BCUT2D eigenvalue weighted by Gasteiger charge is 2.46. The highest BCUT2D eigenvalue weighted by molar-refractivity contribution is 9.10. The minimum atomic E-state index is -5.07. The Kier molecular flexibility index (Phi) is 23.5. The van der Waals surface area contributed by atoms with Gasteiger partial charge in [-0.25, -0.2) is 29.5 Å². The molecule has 1 N–H and O–H groups in total. The first-order valence-electron chi connectivity index (χ1n) is 30.9. The van der Waals surface area contributed by atoms with Gasteiger partial charge in [-0.15, -0.1) is 11.3 Å². The van der Waals surface area contributed by atoms with Crippen LogP contribution in [0.5, 0.6) is 0 Å². The molecule has 5 heterocycles. The molecule has 4 fully saturated rings. The summed E-state index contributed by atoms with van der Waals surface area (Å²) in [5.74, 6) is 0.748. The number of nitrogens with zero attached hydrogens (tertiary/aromatic N) is 8. The van der Waals surface area contributed by atoms with Crippen LogP contribution >= 0.6 is 27.3 Å². The quantitative estimate of drug-likeness (QED) is 0.0315. The van der Waals surface area contributed by atoms with Crippen LogP contribution in [0.4, 0.5) is 73.9 Å². The molecular formula is C64H71BrF12N8O9S. The molecule has 3 aromatic heterocycles. The van der Waals surface area contributed by atoms with E-state index >= 15 is 0 Å². The van der Waals surface area contributed by atoms with Crippen LogP contribution in [0.1, 0.15) is 172 Å². The number of Topliss-reactive ketones (excluding diaryl/α,β-unsaturated/α-hetero) is 1. The van der Waals surface area contributed by atoms with Crippen LogP contribution in [0.3, 0.4) is 0 Å². The van der Waals surface area contributed by atoms with Gasteiger partial charge >= 0.3 is 48.8 Å². The molecule has 0 bridgehead atoms. The van der Waals surface area contributed by atoms with Crippen LogP contribution < -0.4 is 9.80 Å². The monoisotopic (exact) mass is 1430 g/mol. The van der Waals surface area contributed by atoms with E-state index < -0.39 is 101 Å². The summed E-state index contributed by atoms with van der Waals surface area (Å²) in [6, 6.07) is 3.82. The molecule has 0 spiro atoms. The minimum absolute atomic E-state index is 0.0239. The van der Waals surface area contributed by atoms with Crippen LogP contribution in [-0.2, 0) is 61.6 Å². The first-order valence-corrected chi connectivity index (χ1v) is 32.5. The van der Waals surface area contributed by atoms with E-state index in [1.807, 2.05) is 23.6 Å². The highest BCUT2D eigenvalue weighted by atomic mass is 79.9. The van der Waals surface area contributed by atoms with Gasteiger partial charge in [0.2, 0.25) is 0 Å². The van der Waals surface area contributed by atoms with E-state index in [2.05, 4.69) is 25.9 Å². The molecule has 2 aliphatic carbocycles. The SMILES string of the molecule is CCN(CC1CCC(CC(=O)O)CC1)c1ncc(-c2ccc(C(C)=O)s2)nc1CN1C(=O)OC(c2cc(C(F)(F)F)cc(C(F)(F)F)c2)[C@@H]1C.CCOC(=O)CC1CCC(CN(CC)c2ncc(Br)nc2CN2C(=O)OC(c3cc(C(F)(F)F)cc(C(F)(F)F)c3)[C@@H]2C)CC1. The van der Waals surface area contributed by atoms with Crippen LogP contribution in [0.2, 0.25) is 0 Å². The van der Waals surface area contributed by atoms with Crippen molar-refractivity contribution in [3.05, 3.63) is 115 Å². The van der Waals surface area contributed by atoms with Crippen molar-refractivity contribution in [1.29, 1.82) is 0 Å². The van der Waals surface area contributed by atoms with E-state index in [0.29, 0.717) is 112 Å². The second-order valence-electron chi connectivity index (χ2n) is 24.2. The number of carbonyl (C=O) groups excluding carboxylic acids is 4. The fourth-order valence-electron chi connectivity index (χ4n) is 12.6. The van der Waals surface area contributed by atoms with Gasteiger partial charge in [0, 0.05) is 39.0 Å². The van der Waals surface area contributed by atoms with Crippen molar-refractivity contribution in [2.45, 2.75) is 168 Å². The number of hydrogen-bond acceptors (Lipinski definition) is 15. The Morgan fingerprint density at radius 2 is 1.01 bits per heavy atom. The predicted molar refractivity (Wildman–Crippen MR) is 327 cm³/mol. The molecule has 2 unspecified atom stereocenters. The number of amides is 2. The summed E-state index contributed by atoms with van der Waals surface area (Å²) in [6.07, 6.45) is -14.5. The number of carboxylic acids is 1. The third kappa shape index (κ3) is 18.6. The van der Waals surface area contributed by atoms with Crippen molar-refractivity contribution in [3.8, 4) is 10.6 Å². The normalized spacial score (nSPS) is 21.8. The lowest BCUT2D eigenvalue weighted by Crippen LogP contribution is -2.36. The summed E-state index contributed by atoms with van der Waals surface area (Å²) in [7, 11) is 0. The van der Waals surface area contributed by atoms with Crippen molar-refractivity contribution in [3.63, 3.8) is 0 Å². The molecule has 518 valence electrons. The lowest BCUT2D eigenvalue weighted by molar-refractivity contribution is -0.145. The number of aliphatic carboxylic acids is 1. The van der Waals surface area contributed by atoms with E-state index in [0.717, 1.165) is 51.4 Å². The summed E-state index contributed by atoms with van der Waals surface area (Å²) in [5, 5.41) is 9.19. The largest absolute Gasteiger partial charge is 0.481 e. The van der Waals surface area contributed by atoms with Crippen molar-refractivity contribution in [1.82, 2.24) is 29.7 Å². The fraction of sp³-hybridized carbons (Fsp3) is 0.547. The van der Waals surface area contributed by atoms with Gasteiger partial charge in [-0.2, -0.15) is 52.7 Å². The molecule has 2 saturated carbocycles. The first kappa shape index (κ1) is 73.5. The van der Waals surface area contributed by atoms with Gasteiger partial charge in [-0.3, -0.25) is 24.2 Å². The maximum Gasteiger partial charge on any atom is 0.416 e. The number of benzene rings is 2. The summed E-state index contributed by atoms with van der Waals surface area (Å²) in [6.45, 7) is 12.4. The number of ether oxygens (including phenoxy) is 3. The predicted octanol–water partition coefficient (Wildman–Crippen LogP) is 16.6. The summed E-state index contributed by atoms with van der Waals surface area (Å²) < 4.78 is 179. The molecule has 9 rings (SSSR count). The minimum Gasteiger partial charge on any atom is -0.481 e. The number of hydrogen-bond donors (Lipinski definition) is 1. The Morgan fingerprint density at radius 1 is 0.611 bits per heavy atom. The molecule has 17 nitrogen and oxygen atoms in total.